The summed E-state index contributed by atoms with van der Waals surface area (Å²) >= 11 is 0. The number of hydrogen-bond acceptors (Lipinski definition) is 2. The molecule has 3 aromatic rings. The third-order valence-corrected chi connectivity index (χ3v) is 3.67. The first kappa shape index (κ1) is 17.5. The average molecular weight is 357 g/mol. The Labute approximate surface area is 146 Å². The van der Waals surface area contributed by atoms with E-state index in [0.717, 1.165) is 12.1 Å². The van der Waals surface area contributed by atoms with E-state index < -0.39 is 17.6 Å². The fraction of sp³-hybridized carbons (Fsp3) is 0.0500. The van der Waals surface area contributed by atoms with Crippen molar-refractivity contribution in [1.82, 2.24) is 0 Å². The number of hydrogen-bond donors (Lipinski definition) is 0. The Morgan fingerprint density at radius 3 is 2.46 bits per heavy atom. The van der Waals surface area contributed by atoms with Crippen LogP contribution in [0, 0.1) is 17.1 Å². The minimum Gasteiger partial charge on any atom is -0.457 e. The maximum absolute atomic E-state index is 13.8. The predicted molar refractivity (Wildman–Crippen MR) is 89.0 cm³/mol. The molecule has 0 N–H and O–H groups in total. The van der Waals surface area contributed by atoms with Gasteiger partial charge in [0.25, 0.3) is 0 Å². The van der Waals surface area contributed by atoms with Crippen LogP contribution in [0.2, 0.25) is 0 Å². The van der Waals surface area contributed by atoms with Gasteiger partial charge in [0, 0.05) is 11.1 Å². The van der Waals surface area contributed by atoms with Crippen molar-refractivity contribution >= 4 is 11.6 Å². The molecule has 0 saturated heterocycles. The van der Waals surface area contributed by atoms with Crippen LogP contribution < -0.4 is 0 Å². The zero-order chi connectivity index (χ0) is 18.7. The van der Waals surface area contributed by atoms with Crippen LogP contribution in [0.4, 0.5) is 17.6 Å². The maximum atomic E-state index is 13.8. The molecule has 6 heteroatoms. The summed E-state index contributed by atoms with van der Waals surface area (Å²) in [6.07, 6.45) is -3.11. The first-order valence-electron chi connectivity index (χ1n) is 7.52. The van der Waals surface area contributed by atoms with E-state index in [-0.39, 0.29) is 28.2 Å². The molecule has 2 aromatic carbocycles. The van der Waals surface area contributed by atoms with Crippen molar-refractivity contribution in [3.05, 3.63) is 83.4 Å². The van der Waals surface area contributed by atoms with Gasteiger partial charge >= 0.3 is 6.18 Å². The lowest BCUT2D eigenvalue weighted by molar-refractivity contribution is -0.137. The van der Waals surface area contributed by atoms with Gasteiger partial charge < -0.3 is 4.42 Å². The molecular weight excluding hydrogens is 346 g/mol. The molecule has 0 aliphatic carbocycles. The third kappa shape index (κ3) is 3.67. The van der Waals surface area contributed by atoms with Crippen LogP contribution in [0.3, 0.4) is 0 Å². The quantitative estimate of drug-likeness (QED) is 0.415. The summed E-state index contributed by atoms with van der Waals surface area (Å²) in [4.78, 5) is 0. The van der Waals surface area contributed by atoms with E-state index in [4.69, 9.17) is 4.42 Å². The number of rotatable bonds is 3. The smallest absolute Gasteiger partial charge is 0.416 e. The number of alkyl halides is 3. The molecule has 2 nitrogen and oxygen atoms in total. The van der Waals surface area contributed by atoms with Gasteiger partial charge in [0.1, 0.15) is 17.3 Å². The fourth-order valence-corrected chi connectivity index (χ4v) is 2.43. The zero-order valence-corrected chi connectivity index (χ0v) is 13.2. The summed E-state index contributed by atoms with van der Waals surface area (Å²) in [5, 5.41) is 9.26. The molecule has 0 aliphatic rings. The Kier molecular flexibility index (Phi) is 4.63. The molecule has 0 aliphatic heterocycles. The minimum absolute atomic E-state index is 0.0491. The Hall–Kier alpha value is -3.33. The van der Waals surface area contributed by atoms with E-state index in [1.807, 2.05) is 6.07 Å². The van der Waals surface area contributed by atoms with Gasteiger partial charge in [0.2, 0.25) is 0 Å². The normalized spacial score (nSPS) is 12.0. The number of benzene rings is 2. The van der Waals surface area contributed by atoms with E-state index >= 15 is 0 Å². The van der Waals surface area contributed by atoms with Gasteiger partial charge in [-0.25, -0.2) is 4.39 Å². The van der Waals surface area contributed by atoms with Crippen LogP contribution in [0.15, 0.2) is 65.1 Å². The van der Waals surface area contributed by atoms with Gasteiger partial charge in [-0.15, -0.1) is 0 Å². The van der Waals surface area contributed by atoms with Crippen molar-refractivity contribution in [2.24, 2.45) is 0 Å². The molecule has 0 radical (unpaired) electrons. The number of nitriles is 1. The minimum atomic E-state index is -4.45. The lowest BCUT2D eigenvalue weighted by atomic mass is 10.1. The average Bonchev–Trinajstić information content (AvgIpc) is 3.08. The van der Waals surface area contributed by atoms with Gasteiger partial charge in [0.15, 0.2) is 0 Å². The topological polar surface area (TPSA) is 36.9 Å². The molecule has 0 amide bonds. The molecule has 3 rings (SSSR count). The monoisotopic (exact) mass is 357 g/mol. The molecule has 1 aromatic heterocycles. The first-order chi connectivity index (χ1) is 12.4. The molecule has 0 atom stereocenters. The second-order valence-corrected chi connectivity index (χ2v) is 5.43. The first-order valence-corrected chi connectivity index (χ1v) is 7.52. The number of furan rings is 1. The highest BCUT2D eigenvalue weighted by molar-refractivity contribution is 5.89. The van der Waals surface area contributed by atoms with Gasteiger partial charge in [-0.2, -0.15) is 18.4 Å². The van der Waals surface area contributed by atoms with Crippen LogP contribution >= 0.6 is 0 Å². The third-order valence-electron chi connectivity index (χ3n) is 3.67. The second-order valence-electron chi connectivity index (χ2n) is 5.43. The van der Waals surface area contributed by atoms with Crippen LogP contribution in [0.25, 0.3) is 23.0 Å². The molecule has 0 spiro atoms. The van der Waals surface area contributed by atoms with E-state index in [0.29, 0.717) is 0 Å². The Balaban J connectivity index is 1.96. The summed E-state index contributed by atoms with van der Waals surface area (Å²) in [6, 6.07) is 15.4. The van der Waals surface area contributed by atoms with E-state index in [1.54, 1.807) is 6.07 Å². The van der Waals surface area contributed by atoms with E-state index in [9.17, 15) is 22.8 Å². The van der Waals surface area contributed by atoms with Crippen LogP contribution in [0.1, 0.15) is 16.9 Å². The molecule has 0 fully saturated rings. The molecule has 26 heavy (non-hydrogen) atoms. The predicted octanol–water partition coefficient (Wildman–Crippen LogP) is 6.17. The molecule has 0 bridgehead atoms. The summed E-state index contributed by atoms with van der Waals surface area (Å²) in [7, 11) is 0. The van der Waals surface area contributed by atoms with Gasteiger partial charge in [-0.05, 0) is 36.4 Å². The zero-order valence-electron chi connectivity index (χ0n) is 13.2. The molecular formula is C20H11F4NO. The Morgan fingerprint density at radius 2 is 1.77 bits per heavy atom. The van der Waals surface area contributed by atoms with Crippen LogP contribution in [-0.4, -0.2) is 0 Å². The van der Waals surface area contributed by atoms with Crippen molar-refractivity contribution in [1.29, 1.82) is 5.26 Å². The molecule has 130 valence electrons. The van der Waals surface area contributed by atoms with Crippen molar-refractivity contribution < 1.29 is 22.0 Å². The summed E-state index contributed by atoms with van der Waals surface area (Å²) < 4.78 is 57.8. The van der Waals surface area contributed by atoms with Crippen LogP contribution in [0.5, 0.6) is 0 Å². The number of nitrogens with zero attached hydrogens (tertiary/aromatic N) is 1. The van der Waals surface area contributed by atoms with E-state index in [1.165, 1.54) is 48.5 Å². The highest BCUT2D eigenvalue weighted by Crippen LogP contribution is 2.33. The highest BCUT2D eigenvalue weighted by atomic mass is 19.4. The summed E-state index contributed by atoms with van der Waals surface area (Å²) in [5.74, 6) is -0.102. The highest BCUT2D eigenvalue weighted by Gasteiger charge is 2.30. The Bertz CT molecular complexity index is 1010. The fourth-order valence-electron chi connectivity index (χ4n) is 2.43. The Morgan fingerprint density at radius 1 is 1.00 bits per heavy atom. The standard InChI is InChI=1S/C20H11F4NO/c21-18-7-2-1-6-17(18)14(12-25)11-16-8-9-19(26-16)13-4-3-5-15(10-13)20(22,23)24/h1-11H. The summed E-state index contributed by atoms with van der Waals surface area (Å²) in [6.45, 7) is 0. The number of halogens is 4. The van der Waals surface area contributed by atoms with Crippen LogP contribution in [-0.2, 0) is 6.18 Å². The van der Waals surface area contributed by atoms with Gasteiger partial charge in [0.05, 0.1) is 17.2 Å². The SMILES string of the molecule is N#CC(=Cc1ccc(-c2cccc(C(F)(F)F)c2)o1)c1ccccc1F. The van der Waals surface area contributed by atoms with Crippen molar-refractivity contribution in [3.8, 4) is 17.4 Å². The molecule has 1 heterocycles. The van der Waals surface area contributed by atoms with Crippen molar-refractivity contribution in [2.45, 2.75) is 6.18 Å². The molecule has 0 unspecified atom stereocenters. The van der Waals surface area contributed by atoms with Crippen molar-refractivity contribution in [3.63, 3.8) is 0 Å². The van der Waals surface area contributed by atoms with Crippen molar-refractivity contribution in [2.75, 3.05) is 0 Å². The second kappa shape index (κ2) is 6.89. The summed E-state index contributed by atoms with van der Waals surface area (Å²) in [5.41, 5.74) is -0.364. The van der Waals surface area contributed by atoms with Gasteiger partial charge in [-0.3, -0.25) is 0 Å². The van der Waals surface area contributed by atoms with Gasteiger partial charge in [-0.1, -0.05) is 30.3 Å². The molecule has 0 saturated carbocycles. The number of allylic oxidation sites excluding steroid dienone is 1. The lowest BCUT2D eigenvalue weighted by Gasteiger charge is -2.07. The lowest BCUT2D eigenvalue weighted by Crippen LogP contribution is -2.04. The van der Waals surface area contributed by atoms with E-state index in [2.05, 4.69) is 0 Å². The maximum Gasteiger partial charge on any atom is 0.416 e. The largest absolute Gasteiger partial charge is 0.457 e.